The third kappa shape index (κ3) is 3.41. The summed E-state index contributed by atoms with van der Waals surface area (Å²) in [6.07, 6.45) is 3.87. The molecule has 0 aliphatic carbocycles. The van der Waals surface area contributed by atoms with E-state index in [-0.39, 0.29) is 5.84 Å². The van der Waals surface area contributed by atoms with Gasteiger partial charge in [-0.1, -0.05) is 0 Å². The van der Waals surface area contributed by atoms with E-state index in [9.17, 15) is 0 Å². The first-order valence-electron chi connectivity index (χ1n) is 6.63. The Labute approximate surface area is 114 Å². The Hall–Kier alpha value is -1.69. The van der Waals surface area contributed by atoms with Crippen LogP contribution in [-0.4, -0.2) is 54.7 Å². The quantitative estimate of drug-likeness (QED) is 0.611. The van der Waals surface area contributed by atoms with Crippen LogP contribution in [0.1, 0.15) is 18.4 Å². The lowest BCUT2D eigenvalue weighted by molar-refractivity contribution is 0.284. The number of amidine groups is 1. The maximum atomic E-state index is 7.60. The Kier molecular flexibility index (Phi) is 4.31. The third-order valence-corrected chi connectivity index (χ3v) is 3.53. The van der Waals surface area contributed by atoms with E-state index >= 15 is 0 Å². The van der Waals surface area contributed by atoms with Gasteiger partial charge in [-0.3, -0.25) is 5.41 Å². The topological polar surface area (TPSA) is 82.1 Å². The van der Waals surface area contributed by atoms with Gasteiger partial charge in [-0.2, -0.15) is 5.10 Å². The molecule has 1 aromatic rings. The number of aromatic nitrogens is 2. The van der Waals surface area contributed by atoms with E-state index in [2.05, 4.69) is 34.1 Å². The van der Waals surface area contributed by atoms with Crippen molar-refractivity contribution in [3.63, 3.8) is 0 Å². The fourth-order valence-electron chi connectivity index (χ4n) is 2.61. The molecule has 0 unspecified atom stereocenters. The van der Waals surface area contributed by atoms with Crippen LogP contribution in [0.3, 0.4) is 0 Å². The fourth-order valence-corrected chi connectivity index (χ4v) is 2.61. The number of rotatable bonds is 4. The molecule has 104 valence electrons. The van der Waals surface area contributed by atoms with Gasteiger partial charge in [0.15, 0.2) is 5.82 Å². The summed E-state index contributed by atoms with van der Waals surface area (Å²) in [6.45, 7) is 3.04. The molecule has 6 nitrogen and oxygen atoms in total. The van der Waals surface area contributed by atoms with Gasteiger partial charge >= 0.3 is 0 Å². The van der Waals surface area contributed by atoms with Crippen molar-refractivity contribution in [2.24, 2.45) is 11.7 Å². The molecule has 0 radical (unpaired) electrons. The highest BCUT2D eigenvalue weighted by atomic mass is 15.3. The average molecular weight is 262 g/mol. The monoisotopic (exact) mass is 262 g/mol. The molecule has 0 amide bonds. The first-order chi connectivity index (χ1) is 9.08. The van der Waals surface area contributed by atoms with Crippen LogP contribution in [0.5, 0.6) is 0 Å². The molecular formula is C13H22N6. The second-order valence-electron chi connectivity index (χ2n) is 5.37. The Morgan fingerprint density at radius 1 is 1.47 bits per heavy atom. The zero-order valence-corrected chi connectivity index (χ0v) is 11.6. The van der Waals surface area contributed by atoms with Crippen LogP contribution < -0.4 is 10.6 Å². The number of hydrogen-bond donors (Lipinski definition) is 2. The molecule has 2 rings (SSSR count). The lowest BCUT2D eigenvalue weighted by Crippen LogP contribution is -2.38. The third-order valence-electron chi connectivity index (χ3n) is 3.53. The summed E-state index contributed by atoms with van der Waals surface area (Å²) in [6, 6.07) is 1.76. The summed E-state index contributed by atoms with van der Waals surface area (Å²) in [5.41, 5.74) is 6.28. The number of nitrogen functional groups attached to an aromatic ring is 1. The van der Waals surface area contributed by atoms with Gasteiger partial charge in [0, 0.05) is 19.6 Å². The van der Waals surface area contributed by atoms with E-state index in [1.807, 2.05) is 0 Å². The van der Waals surface area contributed by atoms with Gasteiger partial charge in [0.25, 0.3) is 0 Å². The van der Waals surface area contributed by atoms with Gasteiger partial charge in [0.05, 0.1) is 11.8 Å². The van der Waals surface area contributed by atoms with E-state index in [4.69, 9.17) is 11.1 Å². The van der Waals surface area contributed by atoms with Crippen molar-refractivity contribution < 1.29 is 0 Å². The molecule has 6 heteroatoms. The van der Waals surface area contributed by atoms with Gasteiger partial charge in [-0.25, -0.2) is 0 Å². The summed E-state index contributed by atoms with van der Waals surface area (Å²) in [7, 11) is 4.23. The van der Waals surface area contributed by atoms with Gasteiger partial charge in [-0.15, -0.1) is 5.10 Å². The van der Waals surface area contributed by atoms with E-state index < -0.39 is 0 Å². The maximum Gasteiger partial charge on any atom is 0.162 e. The minimum atomic E-state index is 0.0558. The van der Waals surface area contributed by atoms with Crippen molar-refractivity contribution in [3.8, 4) is 0 Å². The van der Waals surface area contributed by atoms with Crippen molar-refractivity contribution in [2.75, 3.05) is 38.6 Å². The van der Waals surface area contributed by atoms with Gasteiger partial charge in [-0.05, 0) is 38.9 Å². The first kappa shape index (κ1) is 13.7. The van der Waals surface area contributed by atoms with Gasteiger partial charge in [0.1, 0.15) is 5.84 Å². The minimum Gasteiger partial charge on any atom is -0.384 e. The van der Waals surface area contributed by atoms with E-state index in [1.165, 1.54) is 0 Å². The molecule has 1 aliphatic rings. The van der Waals surface area contributed by atoms with Crippen LogP contribution >= 0.6 is 0 Å². The average Bonchev–Trinajstić information content (AvgIpc) is 2.39. The summed E-state index contributed by atoms with van der Waals surface area (Å²) < 4.78 is 0. The SMILES string of the molecule is CN(C)CC1CCN(c2nnccc2C(=N)N)CC1. The molecule has 0 bridgehead atoms. The molecule has 2 heterocycles. The molecule has 1 fully saturated rings. The summed E-state index contributed by atoms with van der Waals surface area (Å²) >= 11 is 0. The predicted octanol–water partition coefficient (Wildman–Crippen LogP) is 0.539. The van der Waals surface area contributed by atoms with E-state index in [0.717, 1.165) is 44.2 Å². The number of nitrogens with one attached hydrogen (secondary N) is 1. The molecular weight excluding hydrogens is 240 g/mol. The molecule has 0 saturated carbocycles. The molecule has 3 N–H and O–H groups in total. The Bertz CT molecular complexity index is 437. The minimum absolute atomic E-state index is 0.0558. The maximum absolute atomic E-state index is 7.60. The van der Waals surface area contributed by atoms with E-state index in [1.54, 1.807) is 12.3 Å². The highest BCUT2D eigenvalue weighted by molar-refractivity contribution is 5.99. The van der Waals surface area contributed by atoms with Crippen molar-refractivity contribution in [3.05, 3.63) is 17.8 Å². The molecule has 0 aromatic carbocycles. The zero-order valence-electron chi connectivity index (χ0n) is 11.6. The van der Waals surface area contributed by atoms with E-state index in [0.29, 0.717) is 5.56 Å². The van der Waals surface area contributed by atoms with Crippen LogP contribution in [-0.2, 0) is 0 Å². The molecule has 19 heavy (non-hydrogen) atoms. The highest BCUT2D eigenvalue weighted by Gasteiger charge is 2.23. The summed E-state index contributed by atoms with van der Waals surface area (Å²) in [5.74, 6) is 1.54. The van der Waals surface area contributed by atoms with Crippen LogP contribution in [0.2, 0.25) is 0 Å². The second-order valence-corrected chi connectivity index (χ2v) is 5.37. The molecule has 1 saturated heterocycles. The predicted molar refractivity (Wildman–Crippen MR) is 76.5 cm³/mol. The Morgan fingerprint density at radius 2 is 2.16 bits per heavy atom. The van der Waals surface area contributed by atoms with Gasteiger partial charge in [0.2, 0.25) is 0 Å². The lowest BCUT2D eigenvalue weighted by Gasteiger charge is -2.34. The normalized spacial score (nSPS) is 16.9. The Morgan fingerprint density at radius 3 is 2.74 bits per heavy atom. The molecule has 0 atom stereocenters. The van der Waals surface area contributed by atoms with Crippen LogP contribution in [0.25, 0.3) is 0 Å². The smallest absolute Gasteiger partial charge is 0.162 e. The Balaban J connectivity index is 2.04. The number of hydrogen-bond acceptors (Lipinski definition) is 5. The number of nitrogens with two attached hydrogens (primary N) is 1. The first-order valence-corrected chi connectivity index (χ1v) is 6.63. The molecule has 0 spiro atoms. The van der Waals surface area contributed by atoms with Crippen molar-refractivity contribution in [1.82, 2.24) is 15.1 Å². The molecule has 1 aliphatic heterocycles. The number of nitrogens with zero attached hydrogens (tertiary/aromatic N) is 4. The largest absolute Gasteiger partial charge is 0.384 e. The zero-order chi connectivity index (χ0) is 13.8. The van der Waals surface area contributed by atoms with Crippen molar-refractivity contribution in [1.29, 1.82) is 5.41 Å². The number of piperidine rings is 1. The van der Waals surface area contributed by atoms with Gasteiger partial charge < -0.3 is 15.5 Å². The van der Waals surface area contributed by atoms with Crippen LogP contribution in [0, 0.1) is 11.3 Å². The lowest BCUT2D eigenvalue weighted by atomic mass is 9.96. The number of anilines is 1. The molecule has 1 aromatic heterocycles. The van der Waals surface area contributed by atoms with Crippen LogP contribution in [0.15, 0.2) is 12.3 Å². The fraction of sp³-hybridized carbons (Fsp3) is 0.615. The second kappa shape index (κ2) is 5.97. The summed E-state index contributed by atoms with van der Waals surface area (Å²) in [5, 5.41) is 15.7. The van der Waals surface area contributed by atoms with Crippen molar-refractivity contribution >= 4 is 11.7 Å². The highest BCUT2D eigenvalue weighted by Crippen LogP contribution is 2.24. The van der Waals surface area contributed by atoms with Crippen molar-refractivity contribution in [2.45, 2.75) is 12.8 Å². The van der Waals surface area contributed by atoms with Crippen LogP contribution in [0.4, 0.5) is 5.82 Å². The summed E-state index contributed by atoms with van der Waals surface area (Å²) in [4.78, 5) is 4.43. The standard InChI is InChI=1S/C13H22N6/c1-18(2)9-10-4-7-19(8-5-10)13-11(12(14)15)3-6-16-17-13/h3,6,10H,4-5,7-9H2,1-2H3,(H3,14,15).